The molecule has 26 heteroatoms. The second kappa shape index (κ2) is 50.9. The minimum atomic E-state index is -0.990. The number of aromatic carboxylic acids is 3. The first-order valence-corrected chi connectivity index (χ1v) is 41.4. The van der Waals surface area contributed by atoms with E-state index in [1.807, 2.05) is 36.5 Å². The van der Waals surface area contributed by atoms with E-state index in [1.54, 1.807) is 67.1 Å². The predicted octanol–water partition coefficient (Wildman–Crippen LogP) is 23.9. The minimum Gasteiger partial charge on any atom is -0.477 e. The van der Waals surface area contributed by atoms with Gasteiger partial charge in [-0.15, -0.1) is 59.7 Å². The van der Waals surface area contributed by atoms with Crippen LogP contribution in [0.5, 0.6) is 0 Å². The maximum absolute atomic E-state index is 13.9. The molecule has 16 rings (SSSR count). The molecule has 0 unspecified atom stereocenters. The summed E-state index contributed by atoms with van der Waals surface area (Å²) in [5.74, 6) is -6.70. The molecule has 0 bridgehead atoms. The van der Waals surface area contributed by atoms with Crippen LogP contribution < -0.4 is 0 Å². The number of rotatable bonds is 17. The van der Waals surface area contributed by atoms with Gasteiger partial charge in [-0.3, -0.25) is 23.7 Å². The van der Waals surface area contributed by atoms with E-state index in [0.29, 0.717) is 38.7 Å². The van der Waals surface area contributed by atoms with Crippen LogP contribution in [0.15, 0.2) is 195 Å². The number of hydrogen-bond acceptors (Lipinski definition) is 12. The van der Waals surface area contributed by atoms with Crippen molar-refractivity contribution in [3.63, 3.8) is 0 Å². The Morgan fingerprint density at radius 1 is 0.408 bits per heavy atom. The monoisotopic (exact) mass is 2410 g/mol. The Morgan fingerprint density at radius 3 is 1.25 bits per heavy atom. The van der Waals surface area contributed by atoms with E-state index in [1.165, 1.54) is 187 Å². The zero-order chi connectivity index (χ0) is 86.5. The molecule has 3 N–H and O–H groups in total. The van der Waals surface area contributed by atoms with Crippen molar-refractivity contribution >= 4 is 17.9 Å². The van der Waals surface area contributed by atoms with Crippen LogP contribution in [-0.2, 0) is 106 Å². The Balaban J connectivity index is 0.000000231. The van der Waals surface area contributed by atoms with E-state index in [9.17, 15) is 40.7 Å². The van der Waals surface area contributed by atoms with Crippen molar-refractivity contribution in [3.05, 3.63) is 311 Å². The Labute approximate surface area is 783 Å². The summed E-state index contributed by atoms with van der Waals surface area (Å²) in [7, 11) is 0. The number of aryl methyl sites for hydroxylation is 3. The maximum atomic E-state index is 13.9. The number of pyridine rings is 8. The quantitative estimate of drug-likeness (QED) is 0.0437. The largest absolute Gasteiger partial charge is 0.477 e. The van der Waals surface area contributed by atoms with Gasteiger partial charge in [0.15, 0.2) is 0 Å². The molecule has 4 aliphatic carbocycles. The molecule has 9 heterocycles. The number of imidazole rings is 1. The van der Waals surface area contributed by atoms with Crippen LogP contribution in [0.25, 0.3) is 50.8 Å². The normalized spacial score (nSPS) is 14.7. The number of halogens is 6. The first-order chi connectivity index (χ1) is 58.1. The van der Waals surface area contributed by atoms with Gasteiger partial charge >= 0.3 is 17.9 Å². The van der Waals surface area contributed by atoms with Gasteiger partial charge in [0.1, 0.15) is 40.9 Å². The molecule has 0 aliphatic heterocycles. The van der Waals surface area contributed by atoms with Crippen LogP contribution in [0.4, 0.5) is 26.3 Å². The first kappa shape index (κ1) is 104. The van der Waals surface area contributed by atoms with Gasteiger partial charge in [-0.2, -0.15) is 0 Å². The van der Waals surface area contributed by atoms with E-state index in [-0.39, 0.29) is 114 Å². The molecule has 4 fully saturated rings. The first-order valence-electron chi connectivity index (χ1n) is 41.4. The number of benzene rings is 3. The summed E-state index contributed by atoms with van der Waals surface area (Å²) < 4.78 is 81.3. The van der Waals surface area contributed by atoms with Gasteiger partial charge in [-0.1, -0.05) is 205 Å². The van der Waals surface area contributed by atoms with Crippen molar-refractivity contribution in [1.82, 2.24) is 49.4 Å². The zero-order valence-electron chi connectivity index (χ0n) is 71.1. The van der Waals surface area contributed by atoms with Gasteiger partial charge in [0.2, 0.25) is 0 Å². The summed E-state index contributed by atoms with van der Waals surface area (Å²) in [5, 5.41) is 25.6. The second-order valence-electron chi connectivity index (χ2n) is 32.9. The second-order valence-corrected chi connectivity index (χ2v) is 32.9. The Bertz CT molecular complexity index is 5320. The molecule has 4 aliphatic rings. The van der Waals surface area contributed by atoms with Crippen molar-refractivity contribution in [2.75, 3.05) is 0 Å². The van der Waals surface area contributed by atoms with Crippen LogP contribution in [0.1, 0.15) is 227 Å². The number of hydrogen-bond donors (Lipinski definition) is 3. The van der Waals surface area contributed by atoms with Gasteiger partial charge in [0.05, 0.1) is 5.82 Å². The maximum Gasteiger partial charge on any atom is 0.354 e. The van der Waals surface area contributed by atoms with Crippen molar-refractivity contribution in [3.8, 4) is 50.8 Å². The molecule has 16 nitrogen and oxygen atoms in total. The van der Waals surface area contributed by atoms with Gasteiger partial charge in [0, 0.05) is 147 Å². The van der Waals surface area contributed by atoms with Crippen molar-refractivity contribution in [1.29, 1.82) is 0 Å². The fourth-order valence-corrected chi connectivity index (χ4v) is 16.8. The number of aromatic nitrogens is 10. The molecular formula is C99H104F6Ir4N10O6-4. The number of nitrogens with zero attached hydrogens (tertiary/aromatic N) is 10. The Hall–Kier alpha value is -9.34. The molecular weight excluding hydrogens is 2310 g/mol. The Kier molecular flexibility index (Phi) is 42.5. The van der Waals surface area contributed by atoms with Gasteiger partial charge < -0.3 is 34.8 Å². The van der Waals surface area contributed by atoms with E-state index < -0.39 is 53.3 Å². The third-order valence-corrected chi connectivity index (χ3v) is 22.9. The summed E-state index contributed by atoms with van der Waals surface area (Å²) in [6, 6.07) is 52.2. The standard InChI is InChI=1S/C26H31N2.C19H20F2N.C17H17F2N2.C15H21NO2.C10H5F2N2.2C6H5NO2.4Ir/c1-19-15-20(2)24(21(3)16-19)28-14-13-27-25(28)23-10-8-9-22(17-23)18-26(4)11-6-5-7-12-26;1-19(8-3-2-4-9-19)13-14-7-10-22-18(11-14)16-6-5-15(20)12-17(16)21;1-17(7-2-3-8-17)11-12-6-9-20-14(10-12)13-4-5-15(18)21-16(13)19;1-2-15(7-4-3-5-8-15)11-12-6-9-16-13(10-12)14(17)18;11-9-5-4-7(10(12)14-9)8-3-1-2-6-13-8;2*8-6(9)5-3-1-2-4-7-5;;;;/h8-9,13-17H,5-7,11-12,18H2,1-4H3;5,7,10-12H,2-4,8-9,13H2,1H3;5-6,9-10H,2-3,7-8,11H2,1H3;6,9-10H,2-5,7-8,11H2,1H3,(H,17,18);1-3,5-6H;2*1-4H,(H,8,9);;;;/q3*-1;;-1;;;;;;. The molecule has 3 aromatic carbocycles. The number of carbonyl (C=O) groups is 3. The number of carboxylic acids is 3. The smallest absolute Gasteiger partial charge is 0.354 e. The van der Waals surface area contributed by atoms with Gasteiger partial charge in [-0.25, -0.2) is 46.9 Å². The molecule has 0 amide bonds. The average Bonchev–Trinajstić information content (AvgIpc) is 1.68. The topological polar surface area (TPSA) is 233 Å². The predicted molar refractivity (Wildman–Crippen MR) is 456 cm³/mol. The van der Waals surface area contributed by atoms with Crippen LogP contribution >= 0.6 is 0 Å². The molecule has 0 saturated heterocycles. The van der Waals surface area contributed by atoms with Crippen LogP contribution in [0.2, 0.25) is 0 Å². The average molecular weight is 2410 g/mol. The summed E-state index contributed by atoms with van der Waals surface area (Å²) >= 11 is 0. The van der Waals surface area contributed by atoms with Crippen LogP contribution in [0.3, 0.4) is 0 Å². The van der Waals surface area contributed by atoms with E-state index in [4.69, 9.17) is 20.3 Å². The third-order valence-electron chi connectivity index (χ3n) is 22.9. The van der Waals surface area contributed by atoms with E-state index in [0.717, 1.165) is 78.0 Å². The van der Waals surface area contributed by atoms with Gasteiger partial charge in [-0.05, 0) is 208 Å². The fraction of sp³-hybridized carbons (Fsp3) is 0.354. The van der Waals surface area contributed by atoms with Crippen LogP contribution in [-0.4, -0.2) is 82.7 Å². The molecule has 9 aromatic heterocycles. The summed E-state index contributed by atoms with van der Waals surface area (Å²) in [6.45, 7) is 15.9. The SMILES string of the molecule is CC1(Cc2ccnc(-c3[c-]cc(F)cc3F)c2)CCCCC1.CC1(Cc2ccnc(-c3[c-]cc(F)nc3F)c2)CCCC1.CCC1(Cc2ccnc(C(=O)O)c2)CCCCC1.Cc1cc(C)c(-n2ccnc2-c2[c-]ccc(CC3(C)CCCCC3)c2)c(C)c1.Fc1c[c-]c(-c2ccccn2)c(F)n1.O=C(O)c1ccccn1.O=C(O)c1ccccn1.[Ir].[Ir].[Ir].[Ir]. The fourth-order valence-electron chi connectivity index (χ4n) is 16.8. The van der Waals surface area contributed by atoms with Crippen molar-refractivity contribution < 1.29 is 136 Å². The van der Waals surface area contributed by atoms with E-state index in [2.05, 4.69) is 154 Å². The Morgan fingerprint density at radius 2 is 0.816 bits per heavy atom. The molecule has 668 valence electrons. The summed E-state index contributed by atoms with van der Waals surface area (Å²) in [4.78, 5) is 65.5. The summed E-state index contributed by atoms with van der Waals surface area (Å²) in [5.41, 5.74) is 14.6. The molecule has 4 radical (unpaired) electrons. The molecule has 0 atom stereocenters. The van der Waals surface area contributed by atoms with Crippen LogP contribution in [0, 0.1) is 102 Å². The molecule has 125 heavy (non-hydrogen) atoms. The van der Waals surface area contributed by atoms with Crippen molar-refractivity contribution in [2.45, 2.75) is 203 Å². The van der Waals surface area contributed by atoms with Crippen molar-refractivity contribution in [2.24, 2.45) is 21.7 Å². The zero-order valence-corrected chi connectivity index (χ0v) is 80.7. The molecule has 0 spiro atoms. The van der Waals surface area contributed by atoms with Gasteiger partial charge in [0.25, 0.3) is 0 Å². The van der Waals surface area contributed by atoms with E-state index >= 15 is 0 Å². The minimum absolute atomic E-state index is 0. The third kappa shape index (κ3) is 31.9. The number of carboxylic acid groups (broad SMARTS) is 3. The molecule has 12 aromatic rings. The summed E-state index contributed by atoms with van der Waals surface area (Å²) in [6.07, 6.45) is 43.4. The molecule has 4 saturated carbocycles.